The summed E-state index contributed by atoms with van der Waals surface area (Å²) in [6.45, 7) is 1.57. The Balaban J connectivity index is 1.65. The van der Waals surface area contributed by atoms with Crippen molar-refractivity contribution in [3.05, 3.63) is 30.1 Å². The zero-order chi connectivity index (χ0) is 11.2. The molecule has 0 aliphatic heterocycles. The lowest BCUT2D eigenvalue weighted by Crippen LogP contribution is -2.28. The third-order valence-electron chi connectivity index (χ3n) is 3.26. The molecule has 3 nitrogen and oxygen atoms in total. The summed E-state index contributed by atoms with van der Waals surface area (Å²) in [4.78, 5) is 3.98. The van der Waals surface area contributed by atoms with Gasteiger partial charge in [0, 0.05) is 25.0 Å². The van der Waals surface area contributed by atoms with Crippen molar-refractivity contribution in [2.45, 2.75) is 38.3 Å². The van der Waals surface area contributed by atoms with Gasteiger partial charge in [0.15, 0.2) is 0 Å². The van der Waals surface area contributed by atoms with Gasteiger partial charge in [-0.2, -0.15) is 0 Å². The van der Waals surface area contributed by atoms with E-state index in [0.717, 1.165) is 19.4 Å². The number of rotatable bonds is 4. The first-order valence-electron chi connectivity index (χ1n) is 6.07. The Morgan fingerprint density at radius 2 is 1.88 bits per heavy atom. The van der Waals surface area contributed by atoms with Gasteiger partial charge in [0.1, 0.15) is 0 Å². The van der Waals surface area contributed by atoms with Gasteiger partial charge in [-0.1, -0.05) is 0 Å². The molecule has 0 amide bonds. The van der Waals surface area contributed by atoms with Crippen LogP contribution in [-0.4, -0.2) is 17.6 Å². The summed E-state index contributed by atoms with van der Waals surface area (Å²) < 4.78 is 5.73. The minimum absolute atomic E-state index is 0.427. The van der Waals surface area contributed by atoms with Gasteiger partial charge in [-0.25, -0.2) is 0 Å². The SMILES string of the molecule is NC1CCC(COCc2ccncc2)CC1. The third kappa shape index (κ3) is 3.58. The molecule has 0 aromatic carbocycles. The Morgan fingerprint density at radius 3 is 2.56 bits per heavy atom. The van der Waals surface area contributed by atoms with Crippen LogP contribution in [0.25, 0.3) is 0 Å². The smallest absolute Gasteiger partial charge is 0.0718 e. The maximum absolute atomic E-state index is 5.87. The van der Waals surface area contributed by atoms with Crippen molar-refractivity contribution in [3.63, 3.8) is 0 Å². The molecule has 1 aliphatic carbocycles. The molecule has 1 aliphatic rings. The molecular weight excluding hydrogens is 200 g/mol. The molecule has 1 aromatic heterocycles. The van der Waals surface area contributed by atoms with E-state index in [9.17, 15) is 0 Å². The first-order valence-corrected chi connectivity index (χ1v) is 6.07. The second-order valence-electron chi connectivity index (χ2n) is 4.65. The van der Waals surface area contributed by atoms with E-state index in [2.05, 4.69) is 4.98 Å². The summed E-state index contributed by atoms with van der Waals surface area (Å²) in [5.74, 6) is 0.710. The number of nitrogens with zero attached hydrogens (tertiary/aromatic N) is 1. The van der Waals surface area contributed by atoms with Crippen LogP contribution in [0.1, 0.15) is 31.2 Å². The average molecular weight is 220 g/mol. The molecule has 16 heavy (non-hydrogen) atoms. The number of hydrogen-bond acceptors (Lipinski definition) is 3. The van der Waals surface area contributed by atoms with Crippen molar-refractivity contribution in [3.8, 4) is 0 Å². The lowest BCUT2D eigenvalue weighted by Gasteiger charge is -2.25. The maximum atomic E-state index is 5.87. The number of aromatic nitrogens is 1. The molecule has 0 atom stereocenters. The van der Waals surface area contributed by atoms with Gasteiger partial charge in [0.25, 0.3) is 0 Å². The van der Waals surface area contributed by atoms with Gasteiger partial charge in [-0.3, -0.25) is 4.98 Å². The molecule has 1 heterocycles. The summed E-state index contributed by atoms with van der Waals surface area (Å²) in [6.07, 6.45) is 8.36. The molecule has 0 radical (unpaired) electrons. The molecule has 2 rings (SSSR count). The van der Waals surface area contributed by atoms with E-state index < -0.39 is 0 Å². The lowest BCUT2D eigenvalue weighted by molar-refractivity contribution is 0.0718. The third-order valence-corrected chi connectivity index (χ3v) is 3.26. The first-order chi connectivity index (χ1) is 7.84. The van der Waals surface area contributed by atoms with Crippen molar-refractivity contribution in [2.24, 2.45) is 11.7 Å². The zero-order valence-electron chi connectivity index (χ0n) is 9.64. The molecule has 0 bridgehead atoms. The fourth-order valence-electron chi connectivity index (χ4n) is 2.18. The minimum Gasteiger partial charge on any atom is -0.376 e. The Morgan fingerprint density at radius 1 is 1.19 bits per heavy atom. The van der Waals surface area contributed by atoms with E-state index in [0.29, 0.717) is 18.6 Å². The quantitative estimate of drug-likeness (QED) is 0.845. The monoisotopic (exact) mass is 220 g/mol. The van der Waals surface area contributed by atoms with Gasteiger partial charge in [0.05, 0.1) is 6.61 Å². The van der Waals surface area contributed by atoms with E-state index in [1.807, 2.05) is 12.1 Å². The number of pyridine rings is 1. The van der Waals surface area contributed by atoms with Gasteiger partial charge in [-0.05, 0) is 49.3 Å². The second-order valence-corrected chi connectivity index (χ2v) is 4.65. The van der Waals surface area contributed by atoms with Crippen LogP contribution in [0, 0.1) is 5.92 Å². The summed E-state index contributed by atoms with van der Waals surface area (Å²) in [5, 5.41) is 0. The highest BCUT2D eigenvalue weighted by Crippen LogP contribution is 2.23. The highest BCUT2D eigenvalue weighted by Gasteiger charge is 2.18. The topological polar surface area (TPSA) is 48.1 Å². The van der Waals surface area contributed by atoms with Crippen LogP contribution in [0.15, 0.2) is 24.5 Å². The van der Waals surface area contributed by atoms with Gasteiger partial charge in [-0.15, -0.1) is 0 Å². The minimum atomic E-state index is 0.427. The van der Waals surface area contributed by atoms with Crippen molar-refractivity contribution in [2.75, 3.05) is 6.61 Å². The Kier molecular flexibility index (Phi) is 4.31. The fraction of sp³-hybridized carbons (Fsp3) is 0.615. The molecule has 2 N–H and O–H groups in total. The largest absolute Gasteiger partial charge is 0.376 e. The van der Waals surface area contributed by atoms with Crippen LogP contribution in [0.2, 0.25) is 0 Å². The molecule has 0 saturated heterocycles. The fourth-order valence-corrected chi connectivity index (χ4v) is 2.18. The standard InChI is InChI=1S/C13H20N2O/c14-13-3-1-11(2-4-13)9-16-10-12-5-7-15-8-6-12/h5-8,11,13H,1-4,9-10,14H2. The van der Waals surface area contributed by atoms with Gasteiger partial charge >= 0.3 is 0 Å². The number of ether oxygens (including phenoxy) is 1. The predicted octanol–water partition coefficient (Wildman–Crippen LogP) is 2.12. The zero-order valence-corrected chi connectivity index (χ0v) is 9.64. The summed E-state index contributed by atoms with van der Waals surface area (Å²) in [7, 11) is 0. The van der Waals surface area contributed by atoms with E-state index in [1.165, 1.54) is 18.4 Å². The van der Waals surface area contributed by atoms with E-state index in [1.54, 1.807) is 12.4 Å². The van der Waals surface area contributed by atoms with Crippen molar-refractivity contribution in [1.29, 1.82) is 0 Å². The molecule has 1 fully saturated rings. The van der Waals surface area contributed by atoms with Crippen molar-refractivity contribution >= 4 is 0 Å². The predicted molar refractivity (Wildman–Crippen MR) is 63.8 cm³/mol. The lowest BCUT2D eigenvalue weighted by atomic mass is 9.87. The molecule has 0 spiro atoms. The average Bonchev–Trinajstić information content (AvgIpc) is 2.33. The van der Waals surface area contributed by atoms with E-state index >= 15 is 0 Å². The van der Waals surface area contributed by atoms with Crippen LogP contribution >= 0.6 is 0 Å². The van der Waals surface area contributed by atoms with Crippen molar-refractivity contribution < 1.29 is 4.74 Å². The molecule has 3 heteroatoms. The highest BCUT2D eigenvalue weighted by molar-refractivity contribution is 5.07. The molecule has 1 saturated carbocycles. The van der Waals surface area contributed by atoms with Gasteiger partial charge in [0.2, 0.25) is 0 Å². The summed E-state index contributed by atoms with van der Waals surface area (Å²) >= 11 is 0. The van der Waals surface area contributed by atoms with Crippen LogP contribution < -0.4 is 5.73 Å². The Hall–Kier alpha value is -0.930. The van der Waals surface area contributed by atoms with Crippen LogP contribution in [0.4, 0.5) is 0 Å². The Bertz CT molecular complexity index is 294. The van der Waals surface area contributed by atoms with Crippen molar-refractivity contribution in [1.82, 2.24) is 4.98 Å². The van der Waals surface area contributed by atoms with Gasteiger partial charge < -0.3 is 10.5 Å². The molecule has 88 valence electrons. The highest BCUT2D eigenvalue weighted by atomic mass is 16.5. The van der Waals surface area contributed by atoms with Crippen LogP contribution in [0.3, 0.4) is 0 Å². The normalized spacial score (nSPS) is 25.6. The molecule has 1 aromatic rings. The number of hydrogen-bond donors (Lipinski definition) is 1. The molecular formula is C13H20N2O. The van der Waals surface area contributed by atoms with Crippen LogP contribution in [0.5, 0.6) is 0 Å². The van der Waals surface area contributed by atoms with Crippen LogP contribution in [-0.2, 0) is 11.3 Å². The summed E-state index contributed by atoms with van der Waals surface area (Å²) in [5.41, 5.74) is 7.07. The van der Waals surface area contributed by atoms with E-state index in [4.69, 9.17) is 10.5 Å². The van der Waals surface area contributed by atoms with E-state index in [-0.39, 0.29) is 0 Å². The molecule has 0 unspecified atom stereocenters. The maximum Gasteiger partial charge on any atom is 0.0718 e. The second kappa shape index (κ2) is 5.97. The Labute approximate surface area is 97.0 Å². The summed E-state index contributed by atoms with van der Waals surface area (Å²) in [6, 6.07) is 4.42. The first kappa shape index (κ1) is 11.6. The number of nitrogens with two attached hydrogens (primary N) is 1.